The van der Waals surface area contributed by atoms with Crippen LogP contribution in [0.2, 0.25) is 0 Å². The smallest absolute Gasteiger partial charge is 0.319 e. The van der Waals surface area contributed by atoms with Crippen LogP contribution in [0.25, 0.3) is 0 Å². The Labute approximate surface area is 141 Å². The minimum absolute atomic E-state index is 0.200. The molecule has 0 radical (unpaired) electrons. The van der Waals surface area contributed by atoms with Crippen LogP contribution in [0.15, 0.2) is 33.7 Å². The highest BCUT2D eigenvalue weighted by Gasteiger charge is 2.10. The molecule has 0 atom stereocenters. The van der Waals surface area contributed by atoms with Gasteiger partial charge in [-0.05, 0) is 32.4 Å². The van der Waals surface area contributed by atoms with Crippen LogP contribution in [-0.2, 0) is 6.42 Å². The standard InChI is InChI=1S/C17H23N3O2S/c1-11(2)23-16-8-6-5-7-15(16)19-17(21)18-10-9-14-12(3)20-22-13(14)4/h5-8,11H,9-10H2,1-4H3,(H2,18,19,21). The van der Waals surface area contributed by atoms with Crippen LogP contribution in [0.3, 0.4) is 0 Å². The summed E-state index contributed by atoms with van der Waals surface area (Å²) in [5.74, 6) is 0.809. The van der Waals surface area contributed by atoms with Gasteiger partial charge in [0.2, 0.25) is 0 Å². The summed E-state index contributed by atoms with van der Waals surface area (Å²) in [4.78, 5) is 13.2. The van der Waals surface area contributed by atoms with Crippen molar-refractivity contribution >= 4 is 23.5 Å². The van der Waals surface area contributed by atoms with Crippen molar-refractivity contribution in [1.82, 2.24) is 10.5 Å². The highest BCUT2D eigenvalue weighted by atomic mass is 32.2. The average Bonchev–Trinajstić information content (AvgIpc) is 2.80. The predicted molar refractivity (Wildman–Crippen MR) is 94.1 cm³/mol. The molecule has 2 N–H and O–H groups in total. The number of para-hydroxylation sites is 1. The molecule has 2 aromatic rings. The molecule has 2 rings (SSSR count). The summed E-state index contributed by atoms with van der Waals surface area (Å²) in [7, 11) is 0. The van der Waals surface area contributed by atoms with Crippen LogP contribution in [0, 0.1) is 13.8 Å². The lowest BCUT2D eigenvalue weighted by Crippen LogP contribution is -2.30. The van der Waals surface area contributed by atoms with E-state index >= 15 is 0 Å². The number of benzene rings is 1. The molecule has 0 unspecified atom stereocenters. The first-order valence-electron chi connectivity index (χ1n) is 7.69. The highest BCUT2D eigenvalue weighted by Crippen LogP contribution is 2.29. The fraction of sp³-hybridized carbons (Fsp3) is 0.412. The van der Waals surface area contributed by atoms with Gasteiger partial charge in [-0.25, -0.2) is 4.79 Å². The summed E-state index contributed by atoms with van der Waals surface area (Å²) >= 11 is 1.73. The van der Waals surface area contributed by atoms with Crippen molar-refractivity contribution in [3.8, 4) is 0 Å². The molecule has 0 saturated carbocycles. The monoisotopic (exact) mass is 333 g/mol. The molecular formula is C17H23N3O2S. The van der Waals surface area contributed by atoms with Gasteiger partial charge in [0.25, 0.3) is 0 Å². The van der Waals surface area contributed by atoms with Crippen molar-refractivity contribution in [3.05, 3.63) is 41.3 Å². The molecule has 0 bridgehead atoms. The van der Waals surface area contributed by atoms with E-state index in [4.69, 9.17) is 4.52 Å². The van der Waals surface area contributed by atoms with Crippen molar-refractivity contribution in [2.45, 2.75) is 44.3 Å². The molecule has 5 nitrogen and oxygen atoms in total. The Hall–Kier alpha value is -1.95. The Morgan fingerprint density at radius 2 is 2.04 bits per heavy atom. The molecule has 1 heterocycles. The van der Waals surface area contributed by atoms with Crippen molar-refractivity contribution < 1.29 is 9.32 Å². The van der Waals surface area contributed by atoms with Crippen LogP contribution < -0.4 is 10.6 Å². The Morgan fingerprint density at radius 1 is 1.30 bits per heavy atom. The van der Waals surface area contributed by atoms with Gasteiger partial charge in [-0.3, -0.25) is 0 Å². The largest absolute Gasteiger partial charge is 0.361 e. The van der Waals surface area contributed by atoms with Gasteiger partial charge in [0, 0.05) is 22.3 Å². The minimum atomic E-state index is -0.200. The number of nitrogens with one attached hydrogen (secondary N) is 2. The molecule has 0 aliphatic carbocycles. The number of carbonyl (C=O) groups is 1. The van der Waals surface area contributed by atoms with Gasteiger partial charge in [0.05, 0.1) is 11.4 Å². The highest BCUT2D eigenvalue weighted by molar-refractivity contribution is 8.00. The molecule has 0 fully saturated rings. The van der Waals surface area contributed by atoms with Crippen molar-refractivity contribution in [1.29, 1.82) is 0 Å². The lowest BCUT2D eigenvalue weighted by Gasteiger charge is -2.13. The number of thioether (sulfide) groups is 1. The maximum atomic E-state index is 12.1. The zero-order valence-electron chi connectivity index (χ0n) is 14.0. The topological polar surface area (TPSA) is 67.2 Å². The lowest BCUT2D eigenvalue weighted by molar-refractivity contribution is 0.252. The third-order valence-electron chi connectivity index (χ3n) is 3.34. The van der Waals surface area contributed by atoms with Gasteiger partial charge in [-0.1, -0.05) is 31.1 Å². The van der Waals surface area contributed by atoms with Gasteiger partial charge in [-0.15, -0.1) is 11.8 Å². The number of aryl methyl sites for hydroxylation is 2. The zero-order chi connectivity index (χ0) is 16.8. The van der Waals surface area contributed by atoms with E-state index in [9.17, 15) is 4.79 Å². The summed E-state index contributed by atoms with van der Waals surface area (Å²) in [6.45, 7) is 8.59. The molecular weight excluding hydrogens is 310 g/mol. The zero-order valence-corrected chi connectivity index (χ0v) is 14.8. The maximum Gasteiger partial charge on any atom is 0.319 e. The quantitative estimate of drug-likeness (QED) is 0.779. The number of nitrogens with zero attached hydrogens (tertiary/aromatic N) is 1. The van der Waals surface area contributed by atoms with E-state index in [1.165, 1.54) is 0 Å². The second-order valence-electron chi connectivity index (χ2n) is 5.60. The SMILES string of the molecule is Cc1noc(C)c1CCNC(=O)Nc1ccccc1SC(C)C. The van der Waals surface area contributed by atoms with E-state index in [2.05, 4.69) is 29.6 Å². The van der Waals surface area contributed by atoms with Gasteiger partial charge in [0.1, 0.15) is 5.76 Å². The van der Waals surface area contributed by atoms with Crippen LogP contribution in [0.5, 0.6) is 0 Å². The Kier molecular flexibility index (Phi) is 6.10. The first-order valence-corrected chi connectivity index (χ1v) is 8.57. The van der Waals surface area contributed by atoms with E-state index in [-0.39, 0.29) is 6.03 Å². The fourth-order valence-corrected chi connectivity index (χ4v) is 3.16. The van der Waals surface area contributed by atoms with Crippen molar-refractivity contribution in [3.63, 3.8) is 0 Å². The van der Waals surface area contributed by atoms with Gasteiger partial charge in [-0.2, -0.15) is 0 Å². The van der Waals surface area contributed by atoms with Crippen molar-refractivity contribution in [2.24, 2.45) is 0 Å². The number of amides is 2. The molecule has 6 heteroatoms. The van der Waals surface area contributed by atoms with Gasteiger partial charge in [0.15, 0.2) is 0 Å². The maximum absolute atomic E-state index is 12.1. The molecule has 0 saturated heterocycles. The summed E-state index contributed by atoms with van der Waals surface area (Å²) in [6, 6.07) is 7.63. The fourth-order valence-electron chi connectivity index (χ4n) is 2.25. The molecule has 0 aliphatic heterocycles. The third-order valence-corrected chi connectivity index (χ3v) is 4.42. The van der Waals surface area contributed by atoms with Crippen LogP contribution in [-0.4, -0.2) is 23.0 Å². The first kappa shape index (κ1) is 17.4. The van der Waals surface area contributed by atoms with E-state index < -0.39 is 0 Å². The number of hydrogen-bond donors (Lipinski definition) is 2. The Morgan fingerprint density at radius 3 is 2.70 bits per heavy atom. The van der Waals surface area contributed by atoms with Crippen LogP contribution in [0.1, 0.15) is 30.9 Å². The van der Waals surface area contributed by atoms with Crippen LogP contribution in [0.4, 0.5) is 10.5 Å². The van der Waals surface area contributed by atoms with E-state index in [0.717, 1.165) is 27.6 Å². The third kappa shape index (κ3) is 5.03. The minimum Gasteiger partial charge on any atom is -0.361 e. The molecule has 1 aromatic heterocycles. The van der Waals surface area contributed by atoms with E-state index in [1.54, 1.807) is 11.8 Å². The van der Waals surface area contributed by atoms with Gasteiger partial charge >= 0.3 is 6.03 Å². The molecule has 1 aromatic carbocycles. The van der Waals surface area contributed by atoms with E-state index in [0.29, 0.717) is 18.2 Å². The predicted octanol–water partition coefficient (Wildman–Crippen LogP) is 4.16. The summed E-state index contributed by atoms with van der Waals surface area (Å²) in [5.41, 5.74) is 2.77. The Balaban J connectivity index is 1.88. The van der Waals surface area contributed by atoms with Crippen LogP contribution >= 0.6 is 11.8 Å². The number of rotatable bonds is 6. The van der Waals surface area contributed by atoms with Crippen molar-refractivity contribution in [2.75, 3.05) is 11.9 Å². The molecule has 124 valence electrons. The number of urea groups is 1. The molecule has 0 spiro atoms. The van der Waals surface area contributed by atoms with E-state index in [1.807, 2.05) is 38.1 Å². The average molecular weight is 333 g/mol. The molecule has 23 heavy (non-hydrogen) atoms. The first-order chi connectivity index (χ1) is 11.0. The Bertz CT molecular complexity index is 648. The normalized spacial score (nSPS) is 10.8. The second-order valence-corrected chi connectivity index (χ2v) is 7.21. The number of carbonyl (C=O) groups excluding carboxylic acids is 1. The summed E-state index contributed by atoms with van der Waals surface area (Å²) in [6.07, 6.45) is 0.705. The number of hydrogen-bond acceptors (Lipinski definition) is 4. The molecule has 0 aliphatic rings. The number of anilines is 1. The summed E-state index contributed by atoms with van der Waals surface area (Å²) in [5, 5.41) is 10.2. The molecule has 2 amide bonds. The number of aromatic nitrogens is 1. The summed E-state index contributed by atoms with van der Waals surface area (Å²) < 4.78 is 5.12. The van der Waals surface area contributed by atoms with Gasteiger partial charge < -0.3 is 15.2 Å². The lowest BCUT2D eigenvalue weighted by atomic mass is 10.1. The second kappa shape index (κ2) is 8.06.